The fraction of sp³-hybridized carbons (Fsp3) is 0.273. The second-order valence-corrected chi connectivity index (χ2v) is 3.98. The molecule has 84 valence electrons. The molecule has 0 saturated carbocycles. The SMILES string of the molecule is Cc1cc(CC(=O)c2ccc(Cl)o2)n(C)n1. The van der Waals surface area contributed by atoms with E-state index in [1.165, 1.54) is 0 Å². The van der Waals surface area contributed by atoms with Gasteiger partial charge in [-0.2, -0.15) is 5.10 Å². The van der Waals surface area contributed by atoms with Gasteiger partial charge in [0.15, 0.2) is 11.0 Å². The van der Waals surface area contributed by atoms with Crippen LogP contribution in [0.25, 0.3) is 0 Å². The summed E-state index contributed by atoms with van der Waals surface area (Å²) in [5.74, 6) is 0.179. The van der Waals surface area contributed by atoms with E-state index in [-0.39, 0.29) is 23.2 Å². The Hall–Kier alpha value is -1.55. The van der Waals surface area contributed by atoms with Gasteiger partial charge in [0.25, 0.3) is 0 Å². The Balaban J connectivity index is 2.16. The summed E-state index contributed by atoms with van der Waals surface area (Å²) in [7, 11) is 1.81. The lowest BCUT2D eigenvalue weighted by molar-refractivity contribution is 0.0964. The number of nitrogens with zero attached hydrogens (tertiary/aromatic N) is 2. The van der Waals surface area contributed by atoms with Gasteiger partial charge < -0.3 is 4.42 Å². The van der Waals surface area contributed by atoms with Gasteiger partial charge in [0.05, 0.1) is 12.1 Å². The second kappa shape index (κ2) is 4.14. The standard InChI is InChI=1S/C11H11ClN2O2/c1-7-5-8(14(2)13-7)6-9(15)10-3-4-11(12)16-10/h3-5H,6H2,1-2H3. The Bertz CT molecular complexity index is 528. The van der Waals surface area contributed by atoms with E-state index >= 15 is 0 Å². The monoisotopic (exact) mass is 238 g/mol. The third kappa shape index (κ3) is 2.17. The minimum absolute atomic E-state index is 0.102. The van der Waals surface area contributed by atoms with E-state index in [1.807, 2.05) is 20.0 Å². The summed E-state index contributed by atoms with van der Waals surface area (Å²) in [6.07, 6.45) is 0.265. The molecule has 0 N–H and O–H groups in total. The Morgan fingerprint density at radius 1 is 1.56 bits per heavy atom. The summed E-state index contributed by atoms with van der Waals surface area (Å²) in [6, 6.07) is 5.01. The van der Waals surface area contributed by atoms with E-state index in [0.29, 0.717) is 0 Å². The van der Waals surface area contributed by atoms with Gasteiger partial charge >= 0.3 is 0 Å². The molecule has 0 radical (unpaired) electrons. The molecule has 0 atom stereocenters. The van der Waals surface area contributed by atoms with E-state index < -0.39 is 0 Å². The van der Waals surface area contributed by atoms with Crippen LogP contribution in [-0.4, -0.2) is 15.6 Å². The second-order valence-electron chi connectivity index (χ2n) is 3.60. The molecule has 0 amide bonds. The van der Waals surface area contributed by atoms with Gasteiger partial charge in [-0.1, -0.05) is 0 Å². The molecule has 0 spiro atoms. The molecule has 0 aliphatic heterocycles. The number of carbonyl (C=O) groups is 1. The zero-order chi connectivity index (χ0) is 11.7. The minimum Gasteiger partial charge on any atom is -0.442 e. The summed E-state index contributed by atoms with van der Waals surface area (Å²) < 4.78 is 6.74. The maximum atomic E-state index is 11.8. The van der Waals surface area contributed by atoms with Crippen molar-refractivity contribution in [2.24, 2.45) is 7.05 Å². The molecule has 0 aromatic carbocycles. The Morgan fingerprint density at radius 3 is 2.81 bits per heavy atom. The predicted molar refractivity (Wildman–Crippen MR) is 59.7 cm³/mol. The molecular weight excluding hydrogens is 228 g/mol. The van der Waals surface area contributed by atoms with Crippen molar-refractivity contribution in [1.29, 1.82) is 0 Å². The average molecular weight is 239 g/mol. The molecule has 0 bridgehead atoms. The van der Waals surface area contributed by atoms with Crippen molar-refractivity contribution in [2.75, 3.05) is 0 Å². The van der Waals surface area contributed by atoms with Crippen molar-refractivity contribution in [1.82, 2.24) is 9.78 Å². The van der Waals surface area contributed by atoms with Crippen LogP contribution in [0.5, 0.6) is 0 Å². The lowest BCUT2D eigenvalue weighted by Gasteiger charge is -1.98. The quantitative estimate of drug-likeness (QED) is 0.772. The third-order valence-corrected chi connectivity index (χ3v) is 2.49. The first-order valence-corrected chi connectivity index (χ1v) is 5.22. The molecule has 2 aromatic rings. The number of rotatable bonds is 3. The number of halogens is 1. The van der Waals surface area contributed by atoms with Gasteiger partial charge in [0, 0.05) is 12.7 Å². The first-order chi connectivity index (χ1) is 7.56. The van der Waals surface area contributed by atoms with Crippen LogP contribution in [0.15, 0.2) is 22.6 Å². The summed E-state index contributed by atoms with van der Waals surface area (Å²) in [5, 5.41) is 4.40. The van der Waals surface area contributed by atoms with Crippen molar-refractivity contribution in [2.45, 2.75) is 13.3 Å². The number of hydrogen-bond acceptors (Lipinski definition) is 3. The smallest absolute Gasteiger partial charge is 0.203 e. The number of ketones is 1. The highest BCUT2D eigenvalue weighted by atomic mass is 35.5. The Labute approximate surface area is 97.8 Å². The van der Waals surface area contributed by atoms with Crippen LogP contribution < -0.4 is 0 Å². The highest BCUT2D eigenvalue weighted by molar-refractivity contribution is 6.29. The Morgan fingerprint density at radius 2 is 2.31 bits per heavy atom. The highest BCUT2D eigenvalue weighted by Crippen LogP contribution is 2.15. The molecule has 0 saturated heterocycles. The Kier molecular flexibility index (Phi) is 2.83. The molecule has 2 aromatic heterocycles. The minimum atomic E-state index is -0.102. The van der Waals surface area contributed by atoms with Crippen molar-refractivity contribution in [3.8, 4) is 0 Å². The summed E-state index contributed by atoms with van der Waals surface area (Å²) >= 11 is 5.61. The van der Waals surface area contributed by atoms with Crippen LogP contribution in [0.2, 0.25) is 5.22 Å². The fourth-order valence-electron chi connectivity index (χ4n) is 1.55. The summed E-state index contributed by atoms with van der Waals surface area (Å²) in [5.41, 5.74) is 1.75. The van der Waals surface area contributed by atoms with E-state index in [0.717, 1.165) is 11.4 Å². The van der Waals surface area contributed by atoms with Crippen LogP contribution in [0.3, 0.4) is 0 Å². The van der Waals surface area contributed by atoms with Crippen molar-refractivity contribution >= 4 is 17.4 Å². The zero-order valence-corrected chi connectivity index (χ0v) is 9.78. The maximum Gasteiger partial charge on any atom is 0.203 e. The third-order valence-electron chi connectivity index (χ3n) is 2.29. The topological polar surface area (TPSA) is 48.0 Å². The van der Waals surface area contributed by atoms with Crippen LogP contribution in [0.1, 0.15) is 21.9 Å². The molecule has 0 fully saturated rings. The number of Topliss-reactive ketones (excluding diaryl/α,β-unsaturated/α-hetero) is 1. The van der Waals surface area contributed by atoms with Gasteiger partial charge in [-0.15, -0.1) is 0 Å². The van der Waals surface area contributed by atoms with E-state index in [2.05, 4.69) is 5.10 Å². The van der Waals surface area contributed by atoms with Gasteiger partial charge in [-0.05, 0) is 36.7 Å². The largest absolute Gasteiger partial charge is 0.442 e. The van der Waals surface area contributed by atoms with Gasteiger partial charge in [-0.3, -0.25) is 9.48 Å². The number of hydrogen-bond donors (Lipinski definition) is 0. The molecule has 0 aliphatic carbocycles. The fourth-order valence-corrected chi connectivity index (χ4v) is 1.69. The molecular formula is C11H11ClN2O2. The van der Waals surface area contributed by atoms with Crippen LogP contribution in [-0.2, 0) is 13.5 Å². The molecule has 4 nitrogen and oxygen atoms in total. The lowest BCUT2D eigenvalue weighted by Crippen LogP contribution is -2.06. The lowest BCUT2D eigenvalue weighted by atomic mass is 10.2. The van der Waals surface area contributed by atoms with Crippen LogP contribution >= 0.6 is 11.6 Å². The van der Waals surface area contributed by atoms with Crippen LogP contribution in [0, 0.1) is 6.92 Å². The van der Waals surface area contributed by atoms with E-state index in [9.17, 15) is 4.79 Å². The average Bonchev–Trinajstić information content (AvgIpc) is 2.74. The predicted octanol–water partition coefficient (Wildman–Crippen LogP) is 2.40. The van der Waals surface area contributed by atoms with Crippen molar-refractivity contribution in [3.63, 3.8) is 0 Å². The van der Waals surface area contributed by atoms with Gasteiger partial charge in [0.1, 0.15) is 0 Å². The van der Waals surface area contributed by atoms with Gasteiger partial charge in [0.2, 0.25) is 5.78 Å². The maximum absolute atomic E-state index is 11.8. The molecule has 2 heterocycles. The first kappa shape index (κ1) is 11.0. The zero-order valence-electron chi connectivity index (χ0n) is 9.03. The highest BCUT2D eigenvalue weighted by Gasteiger charge is 2.14. The summed E-state index contributed by atoms with van der Waals surface area (Å²) in [6.45, 7) is 1.89. The van der Waals surface area contributed by atoms with Crippen LogP contribution in [0.4, 0.5) is 0 Å². The first-order valence-electron chi connectivity index (χ1n) is 4.84. The number of aromatic nitrogens is 2. The molecule has 5 heteroatoms. The number of carbonyl (C=O) groups excluding carboxylic acids is 1. The number of furan rings is 1. The molecule has 0 aliphatic rings. The normalized spacial score (nSPS) is 10.7. The molecule has 2 rings (SSSR count). The van der Waals surface area contributed by atoms with Crippen molar-refractivity contribution < 1.29 is 9.21 Å². The van der Waals surface area contributed by atoms with E-state index in [4.69, 9.17) is 16.0 Å². The van der Waals surface area contributed by atoms with Crippen molar-refractivity contribution in [3.05, 3.63) is 40.6 Å². The molecule has 16 heavy (non-hydrogen) atoms. The number of aryl methyl sites for hydroxylation is 2. The van der Waals surface area contributed by atoms with Gasteiger partial charge in [-0.25, -0.2) is 0 Å². The summed E-state index contributed by atoms with van der Waals surface area (Å²) in [4.78, 5) is 11.8. The van der Waals surface area contributed by atoms with E-state index in [1.54, 1.807) is 16.8 Å². The molecule has 0 unspecified atom stereocenters.